The van der Waals surface area contributed by atoms with Gasteiger partial charge in [0.2, 0.25) is 5.13 Å². The van der Waals surface area contributed by atoms with E-state index >= 15 is 0 Å². The van der Waals surface area contributed by atoms with Gasteiger partial charge in [0.05, 0.1) is 5.75 Å². The van der Waals surface area contributed by atoms with Gasteiger partial charge >= 0.3 is 0 Å². The first-order chi connectivity index (χ1) is 11.6. The second-order valence-corrected chi connectivity index (χ2v) is 7.24. The van der Waals surface area contributed by atoms with Crippen molar-refractivity contribution in [2.75, 3.05) is 11.1 Å². The first kappa shape index (κ1) is 16.6. The van der Waals surface area contributed by atoms with Gasteiger partial charge in [-0.2, -0.15) is 0 Å². The van der Waals surface area contributed by atoms with Crippen LogP contribution in [0.3, 0.4) is 0 Å². The molecule has 3 rings (SSSR count). The summed E-state index contributed by atoms with van der Waals surface area (Å²) in [6.07, 6.45) is 0. The second-order valence-electron chi connectivity index (χ2n) is 5.04. The van der Waals surface area contributed by atoms with Crippen molar-refractivity contribution in [3.63, 3.8) is 0 Å². The molecule has 0 saturated carbocycles. The number of carbonyl (C=O) groups is 1. The number of aryl methyl sites for hydroxylation is 1. The van der Waals surface area contributed by atoms with Gasteiger partial charge < -0.3 is 5.32 Å². The van der Waals surface area contributed by atoms with E-state index in [1.54, 1.807) is 6.07 Å². The van der Waals surface area contributed by atoms with Crippen molar-refractivity contribution in [3.05, 3.63) is 65.5 Å². The molecule has 2 aromatic carbocycles. The van der Waals surface area contributed by atoms with Gasteiger partial charge in [0.15, 0.2) is 10.1 Å². The van der Waals surface area contributed by atoms with Crippen LogP contribution in [0.4, 0.5) is 15.2 Å². The van der Waals surface area contributed by atoms with Gasteiger partial charge in [0, 0.05) is 11.3 Å². The van der Waals surface area contributed by atoms with E-state index in [9.17, 15) is 9.18 Å². The minimum absolute atomic E-state index is 0.136. The maximum absolute atomic E-state index is 13.1. The van der Waals surface area contributed by atoms with Gasteiger partial charge in [-0.05, 0) is 30.7 Å². The summed E-state index contributed by atoms with van der Waals surface area (Å²) < 4.78 is 13.8. The number of thioether (sulfide) groups is 1. The highest BCUT2D eigenvalue weighted by Crippen LogP contribution is 2.29. The first-order valence-corrected chi connectivity index (χ1v) is 9.00. The molecule has 24 heavy (non-hydrogen) atoms. The van der Waals surface area contributed by atoms with E-state index in [4.69, 9.17) is 0 Å². The zero-order valence-corrected chi connectivity index (χ0v) is 14.5. The quantitative estimate of drug-likeness (QED) is 0.510. The van der Waals surface area contributed by atoms with Crippen LogP contribution < -0.4 is 5.32 Å². The Kier molecular flexibility index (Phi) is 5.22. The Labute approximate surface area is 147 Å². The molecular formula is C17H14FN3OS2. The van der Waals surface area contributed by atoms with Gasteiger partial charge in [-0.15, -0.1) is 10.2 Å². The van der Waals surface area contributed by atoms with E-state index in [1.807, 2.05) is 31.2 Å². The molecule has 1 heterocycles. The summed E-state index contributed by atoms with van der Waals surface area (Å²) in [5.41, 5.74) is 2.45. The van der Waals surface area contributed by atoms with E-state index in [0.29, 0.717) is 15.0 Å². The summed E-state index contributed by atoms with van der Waals surface area (Å²) in [6, 6.07) is 13.6. The number of carbonyl (C=O) groups excluding carboxylic acids is 1. The summed E-state index contributed by atoms with van der Waals surface area (Å²) in [6.45, 7) is 2.01. The van der Waals surface area contributed by atoms with Crippen molar-refractivity contribution in [2.24, 2.45) is 0 Å². The van der Waals surface area contributed by atoms with Crippen LogP contribution in [0.2, 0.25) is 0 Å². The Balaban J connectivity index is 1.60. The van der Waals surface area contributed by atoms with Crippen molar-refractivity contribution >= 4 is 39.7 Å². The summed E-state index contributed by atoms with van der Waals surface area (Å²) in [4.78, 5) is 12.1. The Hall–Kier alpha value is -2.25. The average Bonchev–Trinajstić information content (AvgIpc) is 3.02. The van der Waals surface area contributed by atoms with Gasteiger partial charge in [-0.25, -0.2) is 4.39 Å². The first-order valence-electron chi connectivity index (χ1n) is 7.19. The number of hydrogen-bond donors (Lipinski definition) is 1. The molecule has 1 aromatic heterocycles. The average molecular weight is 359 g/mol. The van der Waals surface area contributed by atoms with Crippen LogP contribution in [0.1, 0.15) is 15.9 Å². The highest BCUT2D eigenvalue weighted by atomic mass is 32.2. The van der Waals surface area contributed by atoms with Crippen molar-refractivity contribution in [1.82, 2.24) is 10.2 Å². The molecular weight excluding hydrogens is 345 g/mol. The smallest absolute Gasteiger partial charge is 0.210 e. The summed E-state index contributed by atoms with van der Waals surface area (Å²) in [5, 5.41) is 12.0. The molecule has 0 radical (unpaired) electrons. The van der Waals surface area contributed by atoms with Gasteiger partial charge in [-0.3, -0.25) is 4.79 Å². The number of hydrogen-bond acceptors (Lipinski definition) is 6. The fourth-order valence-corrected chi connectivity index (χ4v) is 3.68. The molecule has 0 unspecified atom stereocenters. The molecule has 0 aliphatic rings. The molecule has 1 N–H and O–H groups in total. The van der Waals surface area contributed by atoms with Gasteiger partial charge in [-0.1, -0.05) is 53.4 Å². The topological polar surface area (TPSA) is 54.9 Å². The fraction of sp³-hybridized carbons (Fsp3) is 0.118. The summed E-state index contributed by atoms with van der Waals surface area (Å²) in [7, 11) is 0. The number of nitrogens with zero attached hydrogens (tertiary/aromatic N) is 2. The van der Waals surface area contributed by atoms with E-state index in [-0.39, 0.29) is 11.5 Å². The maximum atomic E-state index is 13.1. The minimum Gasteiger partial charge on any atom is -0.330 e. The van der Waals surface area contributed by atoms with Crippen LogP contribution >= 0.6 is 23.1 Å². The molecule has 0 amide bonds. The number of halogens is 1. The molecule has 0 fully saturated rings. The number of Topliss-reactive ketones (excluding diaryl/α,β-unsaturated/α-hetero) is 1. The summed E-state index contributed by atoms with van der Waals surface area (Å²) >= 11 is 2.68. The van der Waals surface area contributed by atoms with E-state index in [2.05, 4.69) is 15.5 Å². The molecule has 0 bridgehead atoms. The molecule has 7 heteroatoms. The number of rotatable bonds is 6. The predicted molar refractivity (Wildman–Crippen MR) is 95.8 cm³/mol. The molecule has 122 valence electrons. The highest BCUT2D eigenvalue weighted by molar-refractivity contribution is 8.01. The SMILES string of the molecule is Cc1ccccc1Nc1nnc(SCC(=O)c2cccc(F)c2)s1. The van der Waals surface area contributed by atoms with Crippen molar-refractivity contribution in [1.29, 1.82) is 0 Å². The molecule has 3 aromatic rings. The normalized spacial score (nSPS) is 10.6. The predicted octanol–water partition coefficient (Wildman–Crippen LogP) is 4.70. The Morgan fingerprint density at radius 3 is 2.83 bits per heavy atom. The fourth-order valence-electron chi connectivity index (χ4n) is 2.02. The maximum Gasteiger partial charge on any atom is 0.210 e. The zero-order valence-electron chi connectivity index (χ0n) is 12.8. The van der Waals surface area contributed by atoms with Crippen molar-refractivity contribution in [2.45, 2.75) is 11.3 Å². The molecule has 0 spiro atoms. The van der Waals surface area contributed by atoms with Crippen LogP contribution in [0, 0.1) is 12.7 Å². The Morgan fingerprint density at radius 1 is 1.21 bits per heavy atom. The lowest BCUT2D eigenvalue weighted by Crippen LogP contribution is -2.02. The third kappa shape index (κ3) is 4.18. The van der Waals surface area contributed by atoms with E-state index in [0.717, 1.165) is 11.3 Å². The monoisotopic (exact) mass is 359 g/mol. The standard InChI is InChI=1S/C17H14FN3OS2/c1-11-5-2-3-8-14(11)19-16-20-21-17(24-16)23-10-15(22)12-6-4-7-13(18)9-12/h2-9H,10H2,1H3,(H,19,20). The van der Waals surface area contributed by atoms with Gasteiger partial charge in [0.25, 0.3) is 0 Å². The number of anilines is 2. The van der Waals surface area contributed by atoms with E-state index < -0.39 is 5.82 Å². The van der Waals surface area contributed by atoms with E-state index in [1.165, 1.54) is 41.3 Å². The van der Waals surface area contributed by atoms with Crippen molar-refractivity contribution in [3.8, 4) is 0 Å². The lowest BCUT2D eigenvalue weighted by molar-refractivity contribution is 0.102. The third-order valence-electron chi connectivity index (χ3n) is 3.27. The number of para-hydroxylation sites is 1. The molecule has 0 aliphatic carbocycles. The molecule has 0 aliphatic heterocycles. The Morgan fingerprint density at radius 2 is 2.04 bits per heavy atom. The molecule has 4 nitrogen and oxygen atoms in total. The number of aromatic nitrogens is 2. The van der Waals surface area contributed by atoms with Gasteiger partial charge in [0.1, 0.15) is 5.82 Å². The number of nitrogens with one attached hydrogen (secondary N) is 1. The van der Waals surface area contributed by atoms with Crippen LogP contribution in [0.5, 0.6) is 0 Å². The third-order valence-corrected chi connectivity index (χ3v) is 5.24. The van der Waals surface area contributed by atoms with Crippen LogP contribution in [0.15, 0.2) is 52.9 Å². The second kappa shape index (κ2) is 7.55. The Bertz CT molecular complexity index is 866. The molecule has 0 saturated heterocycles. The minimum atomic E-state index is -0.411. The van der Waals surface area contributed by atoms with Crippen LogP contribution in [0.25, 0.3) is 0 Å². The van der Waals surface area contributed by atoms with Crippen LogP contribution in [-0.2, 0) is 0 Å². The molecule has 0 atom stereocenters. The van der Waals surface area contributed by atoms with Crippen LogP contribution in [-0.4, -0.2) is 21.7 Å². The highest BCUT2D eigenvalue weighted by Gasteiger charge is 2.11. The summed E-state index contributed by atoms with van der Waals surface area (Å²) in [5.74, 6) is -0.350. The van der Waals surface area contributed by atoms with Crippen molar-refractivity contribution < 1.29 is 9.18 Å². The lowest BCUT2D eigenvalue weighted by Gasteiger charge is -2.04. The lowest BCUT2D eigenvalue weighted by atomic mass is 10.1. The number of ketones is 1. The number of benzene rings is 2. The zero-order chi connectivity index (χ0) is 16.9. The largest absolute Gasteiger partial charge is 0.330 e.